The molecule has 0 radical (unpaired) electrons. The molecule has 2 aromatic carbocycles. The largest absolute Gasteiger partial charge is 0.496 e. The summed E-state index contributed by atoms with van der Waals surface area (Å²) in [5, 5.41) is 0. The van der Waals surface area contributed by atoms with Crippen molar-refractivity contribution in [3.05, 3.63) is 71.8 Å². The van der Waals surface area contributed by atoms with E-state index >= 15 is 0 Å². The van der Waals surface area contributed by atoms with Gasteiger partial charge in [-0.3, -0.25) is 0 Å². The number of rotatable bonds is 7. The standard InChI is InChI=1S/C21H25N3O3S/c1-15(2)19-12-21(16(3)11-20(19)27-4)28(25,26)23-13-17-5-7-18(8-6-17)24-10-9-22-14-24/h5-12,14-15,23H,13H2,1-4H3. The highest BCUT2D eigenvalue weighted by Crippen LogP contribution is 2.31. The third-order valence-electron chi connectivity index (χ3n) is 4.64. The van der Waals surface area contributed by atoms with Gasteiger partial charge in [0.2, 0.25) is 10.0 Å². The molecule has 0 aliphatic heterocycles. The molecule has 3 aromatic rings. The van der Waals surface area contributed by atoms with Crippen LogP contribution in [-0.4, -0.2) is 25.1 Å². The molecular weight excluding hydrogens is 374 g/mol. The van der Waals surface area contributed by atoms with Crippen molar-refractivity contribution >= 4 is 10.0 Å². The molecule has 148 valence electrons. The first-order valence-electron chi connectivity index (χ1n) is 9.07. The van der Waals surface area contributed by atoms with Crippen LogP contribution in [0, 0.1) is 6.92 Å². The minimum atomic E-state index is -3.64. The van der Waals surface area contributed by atoms with E-state index in [9.17, 15) is 8.42 Å². The van der Waals surface area contributed by atoms with Gasteiger partial charge in [-0.2, -0.15) is 0 Å². The maximum absolute atomic E-state index is 12.9. The monoisotopic (exact) mass is 399 g/mol. The second kappa shape index (κ2) is 8.16. The Morgan fingerprint density at radius 3 is 2.46 bits per heavy atom. The van der Waals surface area contributed by atoms with Crippen LogP contribution in [-0.2, 0) is 16.6 Å². The fourth-order valence-corrected chi connectivity index (χ4v) is 4.33. The highest BCUT2D eigenvalue weighted by atomic mass is 32.2. The Kier molecular flexibility index (Phi) is 5.86. The van der Waals surface area contributed by atoms with Crippen LogP contribution in [0.4, 0.5) is 0 Å². The van der Waals surface area contributed by atoms with Gasteiger partial charge in [0.25, 0.3) is 0 Å². The lowest BCUT2D eigenvalue weighted by Gasteiger charge is -2.16. The van der Waals surface area contributed by atoms with E-state index in [4.69, 9.17) is 4.74 Å². The zero-order valence-electron chi connectivity index (χ0n) is 16.5. The fraction of sp³-hybridized carbons (Fsp3) is 0.286. The van der Waals surface area contributed by atoms with Crippen molar-refractivity contribution in [1.82, 2.24) is 14.3 Å². The highest BCUT2D eigenvalue weighted by molar-refractivity contribution is 7.89. The van der Waals surface area contributed by atoms with E-state index in [1.165, 1.54) is 0 Å². The first-order valence-corrected chi connectivity index (χ1v) is 10.6. The molecule has 0 spiro atoms. The number of aryl methyl sites for hydroxylation is 1. The number of benzene rings is 2. The summed E-state index contributed by atoms with van der Waals surface area (Å²) in [6.45, 7) is 6.02. The van der Waals surface area contributed by atoms with Crippen LogP contribution in [0.25, 0.3) is 5.69 Å². The van der Waals surface area contributed by atoms with Gasteiger partial charge in [0.1, 0.15) is 5.75 Å². The van der Waals surface area contributed by atoms with Gasteiger partial charge in [-0.25, -0.2) is 18.1 Å². The normalized spacial score (nSPS) is 11.8. The zero-order chi connectivity index (χ0) is 20.3. The zero-order valence-corrected chi connectivity index (χ0v) is 17.3. The van der Waals surface area contributed by atoms with Gasteiger partial charge in [0.05, 0.1) is 18.3 Å². The molecule has 0 saturated heterocycles. The lowest BCUT2D eigenvalue weighted by Crippen LogP contribution is -2.24. The molecule has 28 heavy (non-hydrogen) atoms. The van der Waals surface area contributed by atoms with Crippen molar-refractivity contribution in [2.75, 3.05) is 7.11 Å². The Labute approximate surface area is 166 Å². The topological polar surface area (TPSA) is 73.2 Å². The Balaban J connectivity index is 1.79. The predicted octanol–water partition coefficient (Wildman–Crippen LogP) is 3.79. The number of imidazole rings is 1. The van der Waals surface area contributed by atoms with Gasteiger partial charge in [0, 0.05) is 24.6 Å². The van der Waals surface area contributed by atoms with Crippen molar-refractivity contribution in [1.29, 1.82) is 0 Å². The molecule has 0 bridgehead atoms. The third kappa shape index (κ3) is 4.26. The van der Waals surface area contributed by atoms with E-state index in [2.05, 4.69) is 9.71 Å². The number of hydrogen-bond donors (Lipinski definition) is 1. The van der Waals surface area contributed by atoms with E-state index in [0.717, 1.165) is 16.8 Å². The molecule has 0 aliphatic rings. The summed E-state index contributed by atoms with van der Waals surface area (Å²) >= 11 is 0. The quantitative estimate of drug-likeness (QED) is 0.656. The summed E-state index contributed by atoms with van der Waals surface area (Å²) in [7, 11) is -2.05. The molecule has 0 aliphatic carbocycles. The van der Waals surface area contributed by atoms with Gasteiger partial charge in [-0.15, -0.1) is 0 Å². The van der Waals surface area contributed by atoms with Crippen LogP contribution in [0.5, 0.6) is 5.75 Å². The lowest BCUT2D eigenvalue weighted by molar-refractivity contribution is 0.406. The maximum atomic E-state index is 12.9. The van der Waals surface area contributed by atoms with Crippen molar-refractivity contribution in [3.8, 4) is 11.4 Å². The second-order valence-corrected chi connectivity index (χ2v) is 8.71. The van der Waals surface area contributed by atoms with E-state index in [-0.39, 0.29) is 17.4 Å². The summed E-state index contributed by atoms with van der Waals surface area (Å²) in [5.74, 6) is 0.863. The van der Waals surface area contributed by atoms with E-state index < -0.39 is 10.0 Å². The maximum Gasteiger partial charge on any atom is 0.241 e. The number of sulfonamides is 1. The number of ether oxygens (including phenoxy) is 1. The molecule has 7 heteroatoms. The first kappa shape index (κ1) is 20.1. The van der Waals surface area contributed by atoms with Crippen LogP contribution >= 0.6 is 0 Å². The Hall–Kier alpha value is -2.64. The molecule has 0 saturated carbocycles. The number of aromatic nitrogens is 2. The van der Waals surface area contributed by atoms with Gasteiger partial charge in [0.15, 0.2) is 0 Å². The van der Waals surface area contributed by atoms with Crippen LogP contribution in [0.1, 0.15) is 36.5 Å². The van der Waals surface area contributed by atoms with E-state index in [1.54, 1.807) is 38.7 Å². The smallest absolute Gasteiger partial charge is 0.241 e. The van der Waals surface area contributed by atoms with Crippen molar-refractivity contribution in [2.45, 2.75) is 38.1 Å². The molecule has 1 heterocycles. The van der Waals surface area contributed by atoms with Crippen LogP contribution in [0.2, 0.25) is 0 Å². The van der Waals surface area contributed by atoms with Gasteiger partial charge < -0.3 is 9.30 Å². The van der Waals surface area contributed by atoms with Crippen molar-refractivity contribution < 1.29 is 13.2 Å². The molecule has 1 N–H and O–H groups in total. The molecule has 0 unspecified atom stereocenters. The summed E-state index contributed by atoms with van der Waals surface area (Å²) in [6, 6.07) is 11.2. The van der Waals surface area contributed by atoms with Crippen LogP contribution in [0.15, 0.2) is 60.0 Å². The van der Waals surface area contributed by atoms with E-state index in [0.29, 0.717) is 11.3 Å². The Morgan fingerprint density at radius 2 is 1.89 bits per heavy atom. The number of nitrogens with zero attached hydrogens (tertiary/aromatic N) is 2. The SMILES string of the molecule is COc1cc(C)c(S(=O)(=O)NCc2ccc(-n3ccnc3)cc2)cc1C(C)C. The van der Waals surface area contributed by atoms with Crippen LogP contribution in [0.3, 0.4) is 0 Å². The number of nitrogens with one attached hydrogen (secondary N) is 1. The summed E-state index contributed by atoms with van der Waals surface area (Å²) in [5.41, 5.74) is 3.38. The molecule has 1 aromatic heterocycles. The summed E-state index contributed by atoms with van der Waals surface area (Å²) < 4.78 is 35.8. The van der Waals surface area contributed by atoms with E-state index in [1.807, 2.05) is 48.9 Å². The summed E-state index contributed by atoms with van der Waals surface area (Å²) in [6.07, 6.45) is 5.29. The number of methoxy groups -OCH3 is 1. The minimum Gasteiger partial charge on any atom is -0.496 e. The fourth-order valence-electron chi connectivity index (χ4n) is 3.05. The minimum absolute atomic E-state index is 0.153. The number of hydrogen-bond acceptors (Lipinski definition) is 4. The average Bonchev–Trinajstić information content (AvgIpc) is 3.21. The Bertz CT molecular complexity index is 1040. The predicted molar refractivity (Wildman–Crippen MR) is 109 cm³/mol. The van der Waals surface area contributed by atoms with Gasteiger partial charge in [-0.1, -0.05) is 26.0 Å². The molecule has 6 nitrogen and oxygen atoms in total. The molecule has 3 rings (SSSR count). The second-order valence-electron chi connectivity index (χ2n) is 6.98. The van der Waals surface area contributed by atoms with Crippen LogP contribution < -0.4 is 9.46 Å². The molecular formula is C21H25N3O3S. The molecule has 0 atom stereocenters. The summed E-state index contributed by atoms with van der Waals surface area (Å²) in [4.78, 5) is 4.31. The average molecular weight is 400 g/mol. The van der Waals surface area contributed by atoms with Gasteiger partial charge >= 0.3 is 0 Å². The Morgan fingerprint density at radius 1 is 1.18 bits per heavy atom. The van der Waals surface area contributed by atoms with Gasteiger partial charge in [-0.05, 0) is 53.8 Å². The first-order chi connectivity index (χ1) is 13.3. The molecule has 0 amide bonds. The third-order valence-corrected chi connectivity index (χ3v) is 6.19. The van der Waals surface area contributed by atoms with Crippen molar-refractivity contribution in [2.24, 2.45) is 0 Å². The van der Waals surface area contributed by atoms with Crippen molar-refractivity contribution in [3.63, 3.8) is 0 Å². The molecule has 0 fully saturated rings. The highest BCUT2D eigenvalue weighted by Gasteiger charge is 2.20. The lowest BCUT2D eigenvalue weighted by atomic mass is 10.0.